The Labute approximate surface area is 125 Å². The van der Waals surface area contributed by atoms with Gasteiger partial charge in [-0.2, -0.15) is 0 Å². The number of aromatic nitrogens is 1. The highest BCUT2D eigenvalue weighted by Gasteiger charge is 2.14. The average Bonchev–Trinajstić information content (AvgIpc) is 3.03. The molecule has 0 bridgehead atoms. The van der Waals surface area contributed by atoms with E-state index in [0.717, 1.165) is 31.4 Å². The van der Waals surface area contributed by atoms with Crippen molar-refractivity contribution >= 4 is 6.03 Å². The van der Waals surface area contributed by atoms with Gasteiger partial charge in [-0.05, 0) is 37.0 Å². The van der Waals surface area contributed by atoms with Gasteiger partial charge in [0.25, 0.3) is 0 Å². The predicted molar refractivity (Wildman–Crippen MR) is 78.9 cm³/mol. The Hall–Kier alpha value is -1.66. The van der Waals surface area contributed by atoms with Gasteiger partial charge in [0.15, 0.2) is 0 Å². The monoisotopic (exact) mass is 293 g/mol. The van der Waals surface area contributed by atoms with Gasteiger partial charge >= 0.3 is 6.03 Å². The van der Waals surface area contributed by atoms with Crippen molar-refractivity contribution in [1.29, 1.82) is 0 Å². The van der Waals surface area contributed by atoms with Crippen LogP contribution in [0.4, 0.5) is 4.79 Å². The number of hydrogen-bond acceptors (Lipinski definition) is 4. The maximum atomic E-state index is 11.6. The Bertz CT molecular complexity index is 408. The zero-order valence-corrected chi connectivity index (χ0v) is 12.2. The molecule has 1 fully saturated rings. The van der Waals surface area contributed by atoms with Crippen LogP contribution in [0.5, 0.6) is 0 Å². The first kappa shape index (κ1) is 15.7. The smallest absolute Gasteiger partial charge is 0.315 e. The number of pyridine rings is 1. The van der Waals surface area contributed by atoms with Crippen LogP contribution in [0.1, 0.15) is 24.8 Å². The molecule has 1 saturated heterocycles. The lowest BCUT2D eigenvalue weighted by molar-refractivity contribution is 0.0168. The van der Waals surface area contributed by atoms with Gasteiger partial charge in [0.05, 0.1) is 12.7 Å². The number of amides is 2. The Morgan fingerprint density at radius 1 is 1.38 bits per heavy atom. The molecule has 1 aliphatic rings. The maximum absolute atomic E-state index is 11.6. The van der Waals surface area contributed by atoms with Crippen molar-refractivity contribution in [2.45, 2.75) is 31.9 Å². The zero-order valence-electron chi connectivity index (χ0n) is 12.2. The number of ether oxygens (including phenoxy) is 2. The fourth-order valence-corrected chi connectivity index (χ4v) is 2.11. The lowest BCUT2D eigenvalue weighted by atomic mass is 10.2. The molecule has 1 unspecified atom stereocenters. The standard InChI is InChI=1S/C15H23N3O3/c19-15(18-11-13-4-7-16-8-5-13)17-6-2-9-20-12-14-3-1-10-21-14/h4-5,7-8,14H,1-3,6,9-12H2,(H2,17,18,19). The Kier molecular flexibility index (Phi) is 6.97. The first-order valence-electron chi connectivity index (χ1n) is 7.44. The van der Waals surface area contributed by atoms with Crippen LogP contribution in [0.15, 0.2) is 24.5 Å². The van der Waals surface area contributed by atoms with E-state index in [4.69, 9.17) is 9.47 Å². The number of nitrogens with zero attached hydrogens (tertiary/aromatic N) is 1. The highest BCUT2D eigenvalue weighted by molar-refractivity contribution is 5.73. The molecular formula is C15H23N3O3. The van der Waals surface area contributed by atoms with Gasteiger partial charge in [0.1, 0.15) is 0 Å². The molecule has 0 radical (unpaired) electrons. The van der Waals surface area contributed by atoms with E-state index in [1.807, 2.05) is 12.1 Å². The van der Waals surface area contributed by atoms with Crippen molar-refractivity contribution in [2.24, 2.45) is 0 Å². The quantitative estimate of drug-likeness (QED) is 0.712. The van der Waals surface area contributed by atoms with Crippen LogP contribution < -0.4 is 10.6 Å². The summed E-state index contributed by atoms with van der Waals surface area (Å²) in [6, 6.07) is 3.59. The molecule has 1 aromatic heterocycles. The predicted octanol–water partition coefficient (Wildman–Crippen LogP) is 1.47. The average molecular weight is 293 g/mol. The minimum atomic E-state index is -0.161. The van der Waals surface area contributed by atoms with E-state index < -0.39 is 0 Å². The van der Waals surface area contributed by atoms with Crippen molar-refractivity contribution < 1.29 is 14.3 Å². The third-order valence-electron chi connectivity index (χ3n) is 3.28. The number of carbonyl (C=O) groups excluding carboxylic acids is 1. The number of nitrogens with one attached hydrogen (secondary N) is 2. The lowest BCUT2D eigenvalue weighted by Crippen LogP contribution is -2.35. The lowest BCUT2D eigenvalue weighted by Gasteiger charge is -2.10. The van der Waals surface area contributed by atoms with Crippen LogP contribution in [-0.4, -0.2) is 43.5 Å². The number of rotatable bonds is 8. The summed E-state index contributed by atoms with van der Waals surface area (Å²) >= 11 is 0. The van der Waals surface area contributed by atoms with Gasteiger partial charge in [0, 0.05) is 38.7 Å². The molecule has 2 amide bonds. The molecule has 2 rings (SSSR count). The van der Waals surface area contributed by atoms with Crippen molar-refractivity contribution in [3.05, 3.63) is 30.1 Å². The molecule has 1 aliphatic heterocycles. The van der Waals surface area contributed by atoms with E-state index in [1.165, 1.54) is 0 Å². The van der Waals surface area contributed by atoms with E-state index in [0.29, 0.717) is 26.3 Å². The topological polar surface area (TPSA) is 72.5 Å². The Morgan fingerprint density at radius 2 is 2.24 bits per heavy atom. The van der Waals surface area contributed by atoms with Gasteiger partial charge in [-0.3, -0.25) is 4.98 Å². The molecule has 1 atom stereocenters. The third kappa shape index (κ3) is 6.55. The van der Waals surface area contributed by atoms with Crippen LogP contribution in [0, 0.1) is 0 Å². The minimum Gasteiger partial charge on any atom is -0.379 e. The van der Waals surface area contributed by atoms with E-state index >= 15 is 0 Å². The molecule has 1 aromatic rings. The second-order valence-corrected chi connectivity index (χ2v) is 5.03. The van der Waals surface area contributed by atoms with Crippen LogP contribution >= 0.6 is 0 Å². The maximum Gasteiger partial charge on any atom is 0.315 e. The molecule has 0 spiro atoms. The molecule has 2 heterocycles. The molecule has 116 valence electrons. The molecule has 0 saturated carbocycles. The summed E-state index contributed by atoms with van der Waals surface area (Å²) < 4.78 is 11.0. The molecule has 0 aliphatic carbocycles. The first-order valence-corrected chi connectivity index (χ1v) is 7.44. The summed E-state index contributed by atoms with van der Waals surface area (Å²) in [5, 5.41) is 5.60. The summed E-state index contributed by atoms with van der Waals surface area (Å²) in [7, 11) is 0. The Morgan fingerprint density at radius 3 is 3.00 bits per heavy atom. The first-order chi connectivity index (χ1) is 10.3. The highest BCUT2D eigenvalue weighted by atomic mass is 16.5. The van der Waals surface area contributed by atoms with Gasteiger partial charge in [0.2, 0.25) is 0 Å². The van der Waals surface area contributed by atoms with Crippen molar-refractivity contribution in [2.75, 3.05) is 26.4 Å². The summed E-state index contributed by atoms with van der Waals surface area (Å²) in [6.07, 6.45) is 6.71. The SMILES string of the molecule is O=C(NCCCOCC1CCCO1)NCc1ccncc1. The van der Waals surface area contributed by atoms with Crippen molar-refractivity contribution in [3.8, 4) is 0 Å². The summed E-state index contributed by atoms with van der Waals surface area (Å²) in [5.41, 5.74) is 1.03. The largest absolute Gasteiger partial charge is 0.379 e. The fraction of sp³-hybridized carbons (Fsp3) is 0.600. The van der Waals surface area contributed by atoms with Gasteiger partial charge in [-0.15, -0.1) is 0 Å². The highest BCUT2D eigenvalue weighted by Crippen LogP contribution is 2.11. The van der Waals surface area contributed by atoms with Crippen LogP contribution in [0.3, 0.4) is 0 Å². The van der Waals surface area contributed by atoms with Crippen LogP contribution in [-0.2, 0) is 16.0 Å². The van der Waals surface area contributed by atoms with Gasteiger partial charge < -0.3 is 20.1 Å². The van der Waals surface area contributed by atoms with E-state index in [9.17, 15) is 4.79 Å². The van der Waals surface area contributed by atoms with E-state index in [2.05, 4.69) is 15.6 Å². The number of urea groups is 1. The number of carbonyl (C=O) groups is 1. The summed E-state index contributed by atoms with van der Waals surface area (Å²) in [5.74, 6) is 0. The van der Waals surface area contributed by atoms with Crippen LogP contribution in [0.2, 0.25) is 0 Å². The van der Waals surface area contributed by atoms with E-state index in [-0.39, 0.29) is 12.1 Å². The molecule has 6 nitrogen and oxygen atoms in total. The molecule has 2 N–H and O–H groups in total. The second-order valence-electron chi connectivity index (χ2n) is 5.03. The molecule has 6 heteroatoms. The third-order valence-corrected chi connectivity index (χ3v) is 3.28. The minimum absolute atomic E-state index is 0.161. The molecule has 0 aromatic carbocycles. The van der Waals surface area contributed by atoms with Gasteiger partial charge in [-0.25, -0.2) is 4.79 Å². The van der Waals surface area contributed by atoms with Crippen molar-refractivity contribution in [1.82, 2.24) is 15.6 Å². The molecular weight excluding hydrogens is 270 g/mol. The zero-order chi connectivity index (χ0) is 14.8. The van der Waals surface area contributed by atoms with Gasteiger partial charge in [-0.1, -0.05) is 0 Å². The Balaban J connectivity index is 1.44. The second kappa shape index (κ2) is 9.31. The fourth-order valence-electron chi connectivity index (χ4n) is 2.11. The summed E-state index contributed by atoms with van der Waals surface area (Å²) in [4.78, 5) is 15.5. The van der Waals surface area contributed by atoms with Crippen LogP contribution in [0.25, 0.3) is 0 Å². The van der Waals surface area contributed by atoms with E-state index in [1.54, 1.807) is 12.4 Å². The normalized spacial score (nSPS) is 17.6. The summed E-state index contributed by atoms with van der Waals surface area (Å²) in [6.45, 7) is 3.27. The van der Waals surface area contributed by atoms with Crippen molar-refractivity contribution in [3.63, 3.8) is 0 Å². The molecule has 21 heavy (non-hydrogen) atoms. The number of hydrogen-bond donors (Lipinski definition) is 2.